The molecule has 0 unspecified atom stereocenters. The largest absolute Gasteiger partial charge is 0.507 e. The average molecular weight is 372 g/mol. The van der Waals surface area contributed by atoms with Crippen LogP contribution in [0.25, 0.3) is 0 Å². The summed E-state index contributed by atoms with van der Waals surface area (Å²) < 4.78 is 13.8. The van der Waals surface area contributed by atoms with Crippen molar-refractivity contribution in [2.24, 2.45) is 0 Å². The Morgan fingerprint density at radius 3 is 2.63 bits per heavy atom. The van der Waals surface area contributed by atoms with Gasteiger partial charge in [-0.05, 0) is 59.0 Å². The number of benzene rings is 2. The Bertz CT molecular complexity index is 626. The number of hydrogen-bond acceptors (Lipinski definition) is 3. The van der Waals surface area contributed by atoms with Crippen molar-refractivity contribution >= 4 is 39.9 Å². The summed E-state index contributed by atoms with van der Waals surface area (Å²) in [7, 11) is 0. The molecular weight excluding hydrogens is 362 g/mol. The summed E-state index contributed by atoms with van der Waals surface area (Å²) in [5.41, 5.74) is 6.25. The van der Waals surface area contributed by atoms with Crippen LogP contribution in [0.4, 0.5) is 15.8 Å². The second-order valence-electron chi connectivity index (χ2n) is 3.89. The van der Waals surface area contributed by atoms with Gasteiger partial charge in [-0.3, -0.25) is 4.79 Å². The number of carbonyl (C=O) groups is 1. The number of halogens is 2. The lowest BCUT2D eigenvalue weighted by Gasteiger charge is -2.07. The van der Waals surface area contributed by atoms with Gasteiger partial charge in [-0.2, -0.15) is 0 Å². The van der Waals surface area contributed by atoms with Crippen molar-refractivity contribution in [1.29, 1.82) is 0 Å². The number of anilines is 2. The topological polar surface area (TPSA) is 75.3 Å². The molecule has 2 aromatic carbocycles. The highest BCUT2D eigenvalue weighted by molar-refractivity contribution is 14.1. The normalized spacial score (nSPS) is 10.2. The predicted molar refractivity (Wildman–Crippen MR) is 79.6 cm³/mol. The zero-order valence-corrected chi connectivity index (χ0v) is 11.8. The molecule has 1 amide bonds. The Morgan fingerprint density at radius 1 is 1.26 bits per heavy atom. The van der Waals surface area contributed by atoms with Crippen molar-refractivity contribution in [3.63, 3.8) is 0 Å². The Labute approximate surface area is 122 Å². The average Bonchev–Trinajstić information content (AvgIpc) is 2.31. The van der Waals surface area contributed by atoms with Crippen LogP contribution in [0, 0.1) is 9.39 Å². The van der Waals surface area contributed by atoms with Crippen LogP contribution in [0.2, 0.25) is 0 Å². The monoisotopic (exact) mass is 372 g/mol. The number of rotatable bonds is 2. The van der Waals surface area contributed by atoms with Crippen molar-refractivity contribution in [2.75, 3.05) is 11.1 Å². The van der Waals surface area contributed by atoms with Gasteiger partial charge in [0.05, 0.1) is 3.57 Å². The number of nitrogens with two attached hydrogens (primary N) is 1. The molecule has 0 aliphatic heterocycles. The van der Waals surface area contributed by atoms with Crippen molar-refractivity contribution in [2.45, 2.75) is 0 Å². The molecule has 0 heterocycles. The van der Waals surface area contributed by atoms with E-state index in [0.29, 0.717) is 3.57 Å². The number of nitrogens with one attached hydrogen (secondary N) is 1. The molecule has 4 nitrogen and oxygen atoms in total. The quantitative estimate of drug-likeness (QED) is 0.561. The maximum atomic E-state index is 13.1. The van der Waals surface area contributed by atoms with E-state index in [-0.39, 0.29) is 22.7 Å². The molecule has 0 aliphatic carbocycles. The van der Waals surface area contributed by atoms with Crippen molar-refractivity contribution in [3.05, 3.63) is 51.3 Å². The lowest BCUT2D eigenvalue weighted by molar-refractivity contribution is 0.102. The van der Waals surface area contributed by atoms with Crippen LogP contribution in [-0.2, 0) is 0 Å². The van der Waals surface area contributed by atoms with E-state index in [9.17, 15) is 14.3 Å². The number of phenolic OH excluding ortho intramolecular Hbond substituents is 1. The van der Waals surface area contributed by atoms with Crippen molar-refractivity contribution in [1.82, 2.24) is 0 Å². The van der Waals surface area contributed by atoms with Gasteiger partial charge in [0.2, 0.25) is 0 Å². The second-order valence-corrected chi connectivity index (χ2v) is 5.06. The zero-order chi connectivity index (χ0) is 14.0. The molecule has 0 saturated carbocycles. The van der Waals surface area contributed by atoms with E-state index in [4.69, 9.17) is 5.73 Å². The fraction of sp³-hybridized carbons (Fsp3) is 0. The highest BCUT2D eigenvalue weighted by Gasteiger charge is 2.09. The third kappa shape index (κ3) is 3.34. The molecule has 2 aromatic rings. The molecular formula is C13H10FIN2O2. The Balaban J connectivity index is 2.22. The Hall–Kier alpha value is -1.83. The first kappa shape index (κ1) is 13.6. The first-order valence-corrected chi connectivity index (χ1v) is 6.39. The van der Waals surface area contributed by atoms with Crippen LogP contribution in [0.1, 0.15) is 10.4 Å². The number of amides is 1. The molecule has 2 rings (SSSR count). The third-order valence-corrected chi connectivity index (χ3v) is 3.30. The minimum atomic E-state index is -0.527. The lowest BCUT2D eigenvalue weighted by Crippen LogP contribution is -2.12. The molecule has 6 heteroatoms. The molecule has 0 aromatic heterocycles. The van der Waals surface area contributed by atoms with Crippen molar-refractivity contribution in [3.8, 4) is 5.75 Å². The van der Waals surface area contributed by atoms with Gasteiger partial charge in [0, 0.05) is 16.9 Å². The van der Waals surface area contributed by atoms with Gasteiger partial charge in [0.1, 0.15) is 11.6 Å². The molecule has 19 heavy (non-hydrogen) atoms. The summed E-state index contributed by atoms with van der Waals surface area (Å²) in [4.78, 5) is 11.9. The van der Waals surface area contributed by atoms with Crippen LogP contribution in [0.15, 0.2) is 36.4 Å². The first-order valence-electron chi connectivity index (χ1n) is 5.31. The maximum Gasteiger partial charge on any atom is 0.255 e. The smallest absolute Gasteiger partial charge is 0.255 e. The van der Waals surface area contributed by atoms with Crippen LogP contribution in [-0.4, -0.2) is 11.0 Å². The molecule has 0 bridgehead atoms. The van der Waals surface area contributed by atoms with E-state index in [2.05, 4.69) is 5.32 Å². The fourth-order valence-electron chi connectivity index (χ4n) is 1.54. The second kappa shape index (κ2) is 5.43. The lowest BCUT2D eigenvalue weighted by atomic mass is 10.2. The van der Waals surface area contributed by atoms with Crippen LogP contribution >= 0.6 is 22.6 Å². The molecule has 0 aliphatic rings. The number of nitrogen functional groups attached to an aromatic ring is 1. The van der Waals surface area contributed by atoms with Gasteiger partial charge >= 0.3 is 0 Å². The zero-order valence-electron chi connectivity index (χ0n) is 9.65. The van der Waals surface area contributed by atoms with Crippen LogP contribution in [0.3, 0.4) is 0 Å². The summed E-state index contributed by atoms with van der Waals surface area (Å²) in [6, 6.07) is 8.31. The van der Waals surface area contributed by atoms with Crippen molar-refractivity contribution < 1.29 is 14.3 Å². The number of carbonyl (C=O) groups excluding carboxylic acids is 1. The third-order valence-electron chi connectivity index (χ3n) is 2.39. The molecule has 0 saturated heterocycles. The van der Waals surface area contributed by atoms with Crippen LogP contribution in [0.5, 0.6) is 5.75 Å². The van der Waals surface area contributed by atoms with E-state index >= 15 is 0 Å². The molecule has 4 N–H and O–H groups in total. The summed E-state index contributed by atoms with van der Waals surface area (Å²) in [6.45, 7) is 0. The van der Waals surface area contributed by atoms with E-state index in [1.807, 2.05) is 22.6 Å². The number of hydrogen-bond donors (Lipinski definition) is 3. The summed E-state index contributed by atoms with van der Waals surface area (Å²) in [5, 5.41) is 12.0. The van der Waals surface area contributed by atoms with Gasteiger partial charge in [-0.1, -0.05) is 0 Å². The van der Waals surface area contributed by atoms with Crippen LogP contribution < -0.4 is 11.1 Å². The minimum Gasteiger partial charge on any atom is -0.507 e. The molecule has 0 radical (unpaired) electrons. The van der Waals surface area contributed by atoms with E-state index in [1.54, 1.807) is 12.1 Å². The minimum absolute atomic E-state index is 0.0204. The molecule has 0 atom stereocenters. The Kier molecular flexibility index (Phi) is 3.89. The van der Waals surface area contributed by atoms with Gasteiger partial charge in [0.25, 0.3) is 5.91 Å². The van der Waals surface area contributed by atoms with Gasteiger partial charge in [-0.25, -0.2) is 4.39 Å². The van der Waals surface area contributed by atoms with Gasteiger partial charge < -0.3 is 16.2 Å². The number of phenols is 1. The maximum absolute atomic E-state index is 13.1. The van der Waals surface area contributed by atoms with E-state index < -0.39 is 11.7 Å². The fourth-order valence-corrected chi connectivity index (χ4v) is 1.88. The first-order chi connectivity index (χ1) is 8.95. The molecule has 0 fully saturated rings. The SMILES string of the molecule is Nc1cc(F)cc(NC(=O)c2ccc(I)c(O)c2)c1. The highest BCUT2D eigenvalue weighted by Crippen LogP contribution is 2.22. The summed E-state index contributed by atoms with van der Waals surface area (Å²) in [6.07, 6.45) is 0. The van der Waals surface area contributed by atoms with E-state index in [1.165, 1.54) is 18.2 Å². The summed E-state index contributed by atoms with van der Waals surface area (Å²) >= 11 is 1.95. The standard InChI is InChI=1S/C13H10FIN2O2/c14-8-4-9(16)6-10(5-8)17-13(19)7-1-2-11(15)12(18)3-7/h1-6,18H,16H2,(H,17,19). The van der Waals surface area contributed by atoms with Gasteiger partial charge in [-0.15, -0.1) is 0 Å². The number of aromatic hydroxyl groups is 1. The Morgan fingerprint density at radius 2 is 2.00 bits per heavy atom. The summed E-state index contributed by atoms with van der Waals surface area (Å²) in [5.74, 6) is -0.954. The molecule has 0 spiro atoms. The predicted octanol–water partition coefficient (Wildman–Crippen LogP) is 2.97. The highest BCUT2D eigenvalue weighted by atomic mass is 127. The van der Waals surface area contributed by atoms with E-state index in [0.717, 1.165) is 6.07 Å². The molecule has 98 valence electrons. The van der Waals surface area contributed by atoms with Gasteiger partial charge in [0.15, 0.2) is 0 Å².